The van der Waals surface area contributed by atoms with E-state index in [0.717, 1.165) is 5.56 Å². The van der Waals surface area contributed by atoms with Crippen molar-refractivity contribution in [3.8, 4) is 0 Å². The van der Waals surface area contributed by atoms with Crippen LogP contribution in [0.25, 0.3) is 0 Å². The quantitative estimate of drug-likeness (QED) is 0.553. The van der Waals surface area contributed by atoms with Gasteiger partial charge < -0.3 is 20.9 Å². The summed E-state index contributed by atoms with van der Waals surface area (Å²) in [5, 5.41) is 2.91. The minimum absolute atomic E-state index is 0.0249. The molecular weight excluding hydrogens is 468 g/mol. The maximum absolute atomic E-state index is 13.5. The normalized spacial score (nSPS) is 16.9. The molecule has 3 N–H and O–H groups in total. The third-order valence-corrected chi connectivity index (χ3v) is 6.58. The van der Waals surface area contributed by atoms with Gasteiger partial charge in [-0.15, -0.1) is 0 Å². The lowest BCUT2D eigenvalue weighted by molar-refractivity contribution is -0.142. The molecule has 0 bridgehead atoms. The lowest BCUT2D eigenvalue weighted by Gasteiger charge is -2.33. The summed E-state index contributed by atoms with van der Waals surface area (Å²) in [5.74, 6) is -0.567. The average molecular weight is 515 g/mol. The van der Waals surface area contributed by atoms with Gasteiger partial charge >= 0.3 is 0 Å². The lowest BCUT2D eigenvalue weighted by Crippen LogP contribution is -2.54. The molecule has 1 aromatic carbocycles. The summed E-state index contributed by atoms with van der Waals surface area (Å²) < 4.78 is 0. The summed E-state index contributed by atoms with van der Waals surface area (Å²) in [5.41, 5.74) is 7.65. The van der Waals surface area contributed by atoms with E-state index in [2.05, 4.69) is 26.1 Å². The minimum Gasteiger partial charge on any atom is -0.340 e. The highest BCUT2D eigenvalue weighted by atomic mass is 16.2. The van der Waals surface area contributed by atoms with Crippen molar-refractivity contribution in [2.45, 2.75) is 85.2 Å². The van der Waals surface area contributed by atoms with E-state index in [4.69, 9.17) is 5.73 Å². The van der Waals surface area contributed by atoms with Crippen molar-refractivity contribution in [3.05, 3.63) is 35.4 Å². The van der Waals surface area contributed by atoms with Crippen LogP contribution in [0.3, 0.4) is 0 Å². The maximum atomic E-state index is 13.5. The molecular formula is C29H46N4O4. The van der Waals surface area contributed by atoms with Crippen LogP contribution in [-0.4, -0.2) is 71.6 Å². The van der Waals surface area contributed by atoms with Gasteiger partial charge in [-0.1, -0.05) is 60.6 Å². The van der Waals surface area contributed by atoms with E-state index in [1.54, 1.807) is 12.1 Å². The third kappa shape index (κ3) is 9.26. The molecule has 206 valence electrons. The fourth-order valence-corrected chi connectivity index (χ4v) is 4.58. The first-order valence-electron chi connectivity index (χ1n) is 13.4. The molecule has 0 aromatic heterocycles. The Labute approximate surface area is 222 Å². The summed E-state index contributed by atoms with van der Waals surface area (Å²) in [6.07, 6.45) is 1.56. The number of benzene rings is 1. The zero-order valence-corrected chi connectivity index (χ0v) is 23.7. The van der Waals surface area contributed by atoms with Gasteiger partial charge in [0.05, 0.1) is 19.1 Å². The number of carbonyl (C=O) groups excluding carboxylic acids is 4. The smallest absolute Gasteiger partial charge is 0.251 e. The van der Waals surface area contributed by atoms with Crippen LogP contribution in [-0.2, 0) is 19.8 Å². The van der Waals surface area contributed by atoms with Gasteiger partial charge in [0.25, 0.3) is 5.91 Å². The maximum Gasteiger partial charge on any atom is 0.251 e. The third-order valence-electron chi connectivity index (χ3n) is 6.58. The van der Waals surface area contributed by atoms with E-state index in [9.17, 15) is 19.2 Å². The van der Waals surface area contributed by atoms with Gasteiger partial charge in [-0.05, 0) is 54.2 Å². The molecule has 1 unspecified atom stereocenters. The molecule has 1 fully saturated rings. The molecule has 1 aliphatic rings. The standard InChI is InChI=1S/C29H46N4O4/c1-19(2)15-24(30)27(36)32-13-8-14-33(18-23(34)17-32)28(37)25(16-20(3)4)31-26(35)21-9-11-22(12-10-21)29(5,6)7/h9-12,19-20,24-25H,8,13-18,30H2,1-7H3,(H,31,35)/t24-,25?/m0/s1. The molecule has 3 amide bonds. The second-order valence-corrected chi connectivity index (χ2v) is 12.1. The number of Topliss-reactive ketones (excluding diaryl/α,β-unsaturated/α-hetero) is 1. The minimum atomic E-state index is -0.737. The van der Waals surface area contributed by atoms with Crippen molar-refractivity contribution in [2.24, 2.45) is 17.6 Å². The van der Waals surface area contributed by atoms with Crippen LogP contribution in [0.4, 0.5) is 0 Å². The fourth-order valence-electron chi connectivity index (χ4n) is 4.58. The first-order chi connectivity index (χ1) is 17.2. The number of nitrogens with one attached hydrogen (secondary N) is 1. The largest absolute Gasteiger partial charge is 0.340 e. The van der Waals surface area contributed by atoms with E-state index in [1.807, 2.05) is 39.8 Å². The summed E-state index contributed by atoms with van der Waals surface area (Å²) in [6.45, 7) is 14.9. The van der Waals surface area contributed by atoms with E-state index >= 15 is 0 Å². The molecule has 0 radical (unpaired) electrons. The van der Waals surface area contributed by atoms with Crippen molar-refractivity contribution in [2.75, 3.05) is 26.2 Å². The summed E-state index contributed by atoms with van der Waals surface area (Å²) in [6, 6.07) is 6.06. The molecule has 2 rings (SSSR count). The van der Waals surface area contributed by atoms with Gasteiger partial charge in [0.2, 0.25) is 11.8 Å². The zero-order chi connectivity index (χ0) is 27.9. The Hall–Kier alpha value is -2.74. The van der Waals surface area contributed by atoms with Crippen LogP contribution in [0.5, 0.6) is 0 Å². The van der Waals surface area contributed by atoms with Crippen molar-refractivity contribution in [1.29, 1.82) is 0 Å². The van der Waals surface area contributed by atoms with E-state index < -0.39 is 12.1 Å². The number of amides is 3. The molecule has 0 saturated carbocycles. The highest BCUT2D eigenvalue weighted by Gasteiger charge is 2.31. The first-order valence-corrected chi connectivity index (χ1v) is 13.4. The molecule has 0 aliphatic carbocycles. The molecule has 8 nitrogen and oxygen atoms in total. The average Bonchev–Trinajstić information content (AvgIpc) is 2.78. The number of carbonyl (C=O) groups is 4. The molecule has 0 spiro atoms. The highest BCUT2D eigenvalue weighted by Crippen LogP contribution is 2.22. The SMILES string of the molecule is CC(C)CC(NC(=O)c1ccc(C(C)(C)C)cc1)C(=O)N1CCCN(C(=O)[C@@H](N)CC(C)C)CC(=O)C1. The van der Waals surface area contributed by atoms with Crippen molar-refractivity contribution in [1.82, 2.24) is 15.1 Å². The van der Waals surface area contributed by atoms with Crippen LogP contribution in [0.1, 0.15) is 83.7 Å². The Bertz CT molecular complexity index is 950. The predicted octanol–water partition coefficient (Wildman–Crippen LogP) is 3.13. The van der Waals surface area contributed by atoms with E-state index in [-0.39, 0.29) is 53.8 Å². The number of hydrogen-bond acceptors (Lipinski definition) is 5. The second-order valence-electron chi connectivity index (χ2n) is 12.1. The van der Waals surface area contributed by atoms with Gasteiger partial charge in [0.15, 0.2) is 5.78 Å². The van der Waals surface area contributed by atoms with Crippen LogP contribution < -0.4 is 11.1 Å². The van der Waals surface area contributed by atoms with Crippen LogP contribution in [0, 0.1) is 11.8 Å². The van der Waals surface area contributed by atoms with Crippen LogP contribution >= 0.6 is 0 Å². The van der Waals surface area contributed by atoms with Gasteiger partial charge in [0, 0.05) is 18.7 Å². The van der Waals surface area contributed by atoms with Gasteiger partial charge in [-0.3, -0.25) is 19.2 Å². The van der Waals surface area contributed by atoms with Gasteiger partial charge in [-0.2, -0.15) is 0 Å². The molecule has 1 aliphatic heterocycles. The Morgan fingerprint density at radius 3 is 1.89 bits per heavy atom. The fraction of sp³-hybridized carbons (Fsp3) is 0.655. The lowest BCUT2D eigenvalue weighted by atomic mass is 9.86. The Morgan fingerprint density at radius 2 is 1.41 bits per heavy atom. The predicted molar refractivity (Wildman–Crippen MR) is 146 cm³/mol. The molecule has 1 aromatic rings. The molecule has 2 atom stereocenters. The topological polar surface area (TPSA) is 113 Å². The summed E-state index contributed by atoms with van der Waals surface area (Å²) >= 11 is 0. The molecule has 8 heteroatoms. The zero-order valence-electron chi connectivity index (χ0n) is 23.7. The van der Waals surface area contributed by atoms with Crippen LogP contribution in [0.2, 0.25) is 0 Å². The summed E-state index contributed by atoms with van der Waals surface area (Å²) in [4.78, 5) is 55.1. The number of rotatable bonds is 8. The highest BCUT2D eigenvalue weighted by molar-refractivity contribution is 5.98. The van der Waals surface area contributed by atoms with Gasteiger partial charge in [-0.25, -0.2) is 0 Å². The Kier molecular flexibility index (Phi) is 10.9. The monoisotopic (exact) mass is 514 g/mol. The van der Waals surface area contributed by atoms with Gasteiger partial charge in [0.1, 0.15) is 6.04 Å². The second kappa shape index (κ2) is 13.2. The summed E-state index contributed by atoms with van der Waals surface area (Å²) in [7, 11) is 0. The number of hydrogen-bond donors (Lipinski definition) is 2. The number of nitrogens with two attached hydrogens (primary N) is 1. The molecule has 1 heterocycles. The first kappa shape index (κ1) is 30.5. The Morgan fingerprint density at radius 1 is 0.892 bits per heavy atom. The molecule has 37 heavy (non-hydrogen) atoms. The van der Waals surface area contributed by atoms with E-state index in [1.165, 1.54) is 9.80 Å². The number of ketones is 1. The van der Waals surface area contributed by atoms with E-state index in [0.29, 0.717) is 37.9 Å². The number of nitrogens with zero attached hydrogens (tertiary/aromatic N) is 2. The van der Waals surface area contributed by atoms with Crippen molar-refractivity contribution >= 4 is 23.5 Å². The van der Waals surface area contributed by atoms with Crippen molar-refractivity contribution in [3.63, 3.8) is 0 Å². The molecule has 1 saturated heterocycles. The van der Waals surface area contributed by atoms with Crippen molar-refractivity contribution < 1.29 is 19.2 Å². The Balaban J connectivity index is 2.09. The van der Waals surface area contributed by atoms with Crippen LogP contribution in [0.15, 0.2) is 24.3 Å².